The van der Waals surface area contributed by atoms with Crippen molar-refractivity contribution in [3.63, 3.8) is 0 Å². The Kier molecular flexibility index (Phi) is 3.85. The average molecular weight is 285 g/mol. The van der Waals surface area contributed by atoms with Crippen molar-refractivity contribution in [1.82, 2.24) is 4.90 Å². The quantitative estimate of drug-likeness (QED) is 0.791. The molecule has 2 aromatic rings. The number of likely N-dealkylation sites (tertiary alicyclic amines) is 1. The number of aryl methyl sites for hydroxylation is 1. The van der Waals surface area contributed by atoms with Gasteiger partial charge in [-0.15, -0.1) is 0 Å². The molecular weight excluding hydrogens is 262 g/mol. The number of rotatable bonds is 2. The van der Waals surface area contributed by atoms with Gasteiger partial charge in [-0.3, -0.25) is 4.90 Å². The molecule has 0 amide bonds. The third kappa shape index (κ3) is 3.18. The van der Waals surface area contributed by atoms with E-state index < -0.39 is 0 Å². The second kappa shape index (κ2) is 5.64. The van der Waals surface area contributed by atoms with Gasteiger partial charge in [-0.2, -0.15) is 0 Å². The SMILES string of the molecule is Cc1ccc2c(CN3CC(C)CC(C)C3)cc(=O)oc2c1. The van der Waals surface area contributed by atoms with Crippen LogP contribution in [0.25, 0.3) is 11.0 Å². The van der Waals surface area contributed by atoms with Gasteiger partial charge in [-0.25, -0.2) is 4.79 Å². The van der Waals surface area contributed by atoms with Gasteiger partial charge in [0, 0.05) is 31.1 Å². The van der Waals surface area contributed by atoms with E-state index in [2.05, 4.69) is 30.9 Å². The summed E-state index contributed by atoms with van der Waals surface area (Å²) < 4.78 is 5.34. The fourth-order valence-electron chi connectivity index (χ4n) is 3.63. The summed E-state index contributed by atoms with van der Waals surface area (Å²) in [5.41, 5.74) is 2.65. The molecule has 2 unspecified atom stereocenters. The maximum Gasteiger partial charge on any atom is 0.336 e. The predicted octanol–water partition coefficient (Wildman–Crippen LogP) is 3.58. The third-order valence-electron chi connectivity index (χ3n) is 4.32. The first-order valence-corrected chi connectivity index (χ1v) is 7.77. The molecule has 0 aliphatic carbocycles. The van der Waals surface area contributed by atoms with E-state index in [1.165, 1.54) is 6.42 Å². The maximum absolute atomic E-state index is 11.8. The van der Waals surface area contributed by atoms with E-state index in [4.69, 9.17) is 4.42 Å². The van der Waals surface area contributed by atoms with Gasteiger partial charge >= 0.3 is 5.63 Å². The van der Waals surface area contributed by atoms with E-state index in [9.17, 15) is 4.79 Å². The Morgan fingerprint density at radius 2 is 1.90 bits per heavy atom. The summed E-state index contributed by atoms with van der Waals surface area (Å²) in [6, 6.07) is 7.75. The van der Waals surface area contributed by atoms with Crippen molar-refractivity contribution < 1.29 is 4.42 Å². The fraction of sp³-hybridized carbons (Fsp3) is 0.500. The molecule has 1 aliphatic heterocycles. The van der Waals surface area contributed by atoms with E-state index in [-0.39, 0.29) is 5.63 Å². The molecular formula is C18H23NO2. The van der Waals surface area contributed by atoms with E-state index in [0.717, 1.165) is 48.0 Å². The number of hydrogen-bond donors (Lipinski definition) is 0. The lowest BCUT2D eigenvalue weighted by Crippen LogP contribution is -2.38. The zero-order valence-electron chi connectivity index (χ0n) is 13.1. The highest BCUT2D eigenvalue weighted by Gasteiger charge is 2.22. The number of benzene rings is 1. The lowest BCUT2D eigenvalue weighted by Gasteiger charge is -2.35. The first-order chi connectivity index (χ1) is 10.0. The molecule has 0 radical (unpaired) electrons. The summed E-state index contributed by atoms with van der Waals surface area (Å²) in [6.07, 6.45) is 1.30. The summed E-state index contributed by atoms with van der Waals surface area (Å²) in [7, 11) is 0. The molecule has 3 rings (SSSR count). The van der Waals surface area contributed by atoms with Crippen LogP contribution in [0.4, 0.5) is 0 Å². The van der Waals surface area contributed by atoms with E-state index in [1.54, 1.807) is 6.07 Å². The van der Waals surface area contributed by atoms with Crippen LogP contribution >= 0.6 is 0 Å². The molecule has 1 aromatic heterocycles. The second-order valence-corrected chi connectivity index (χ2v) is 6.73. The van der Waals surface area contributed by atoms with Gasteiger partial charge in [-0.1, -0.05) is 26.0 Å². The summed E-state index contributed by atoms with van der Waals surface area (Å²) in [6.45, 7) is 9.68. The van der Waals surface area contributed by atoms with Gasteiger partial charge in [0.1, 0.15) is 5.58 Å². The monoisotopic (exact) mass is 285 g/mol. The minimum atomic E-state index is -0.249. The number of nitrogens with zero attached hydrogens (tertiary/aromatic N) is 1. The van der Waals surface area contributed by atoms with Crippen LogP contribution in [0.5, 0.6) is 0 Å². The van der Waals surface area contributed by atoms with Gasteiger partial charge < -0.3 is 4.42 Å². The normalized spacial score (nSPS) is 23.6. The van der Waals surface area contributed by atoms with Crippen LogP contribution in [-0.4, -0.2) is 18.0 Å². The topological polar surface area (TPSA) is 33.5 Å². The summed E-state index contributed by atoms with van der Waals surface area (Å²) in [5.74, 6) is 1.45. The standard InChI is InChI=1S/C18H23NO2/c1-12-4-5-16-15(8-18(20)21-17(16)7-12)11-19-9-13(2)6-14(3)10-19/h4-5,7-8,13-14H,6,9-11H2,1-3H3. The molecule has 2 atom stereocenters. The molecule has 3 nitrogen and oxygen atoms in total. The van der Waals surface area contributed by atoms with Crippen LogP contribution in [0.2, 0.25) is 0 Å². The van der Waals surface area contributed by atoms with Crippen LogP contribution in [0.3, 0.4) is 0 Å². The van der Waals surface area contributed by atoms with E-state index in [0.29, 0.717) is 5.58 Å². The maximum atomic E-state index is 11.8. The second-order valence-electron chi connectivity index (χ2n) is 6.73. The fourth-order valence-corrected chi connectivity index (χ4v) is 3.63. The smallest absolute Gasteiger partial charge is 0.336 e. The Bertz CT molecular complexity index is 694. The summed E-state index contributed by atoms with van der Waals surface area (Å²) in [5, 5.41) is 1.06. The highest BCUT2D eigenvalue weighted by molar-refractivity contribution is 5.80. The van der Waals surface area contributed by atoms with Crippen molar-refractivity contribution in [1.29, 1.82) is 0 Å². The van der Waals surface area contributed by atoms with E-state index >= 15 is 0 Å². The lowest BCUT2D eigenvalue weighted by molar-refractivity contribution is 0.134. The minimum absolute atomic E-state index is 0.249. The van der Waals surface area contributed by atoms with Crippen molar-refractivity contribution in [2.75, 3.05) is 13.1 Å². The first-order valence-electron chi connectivity index (χ1n) is 7.77. The Morgan fingerprint density at radius 1 is 1.19 bits per heavy atom. The number of fused-ring (bicyclic) bond motifs is 1. The number of piperidine rings is 1. The summed E-state index contributed by atoms with van der Waals surface area (Å²) >= 11 is 0. The minimum Gasteiger partial charge on any atom is -0.423 e. The van der Waals surface area contributed by atoms with E-state index in [1.807, 2.05) is 13.0 Å². The largest absolute Gasteiger partial charge is 0.423 e. The van der Waals surface area contributed by atoms with Crippen LogP contribution in [0.15, 0.2) is 33.5 Å². The molecule has 0 saturated carbocycles. The van der Waals surface area contributed by atoms with Crippen molar-refractivity contribution >= 4 is 11.0 Å². The van der Waals surface area contributed by atoms with Crippen molar-refractivity contribution in [2.24, 2.45) is 11.8 Å². The molecule has 1 aromatic carbocycles. The lowest BCUT2D eigenvalue weighted by atomic mass is 9.91. The molecule has 1 saturated heterocycles. The molecule has 0 N–H and O–H groups in total. The molecule has 3 heteroatoms. The molecule has 1 aliphatic rings. The highest BCUT2D eigenvalue weighted by Crippen LogP contribution is 2.25. The van der Waals surface area contributed by atoms with Gasteiger partial charge in [0.15, 0.2) is 0 Å². The van der Waals surface area contributed by atoms with Crippen molar-refractivity contribution in [3.8, 4) is 0 Å². The molecule has 21 heavy (non-hydrogen) atoms. The van der Waals surface area contributed by atoms with Gasteiger partial charge in [0.25, 0.3) is 0 Å². The van der Waals surface area contributed by atoms with Crippen molar-refractivity contribution in [3.05, 3.63) is 45.8 Å². The highest BCUT2D eigenvalue weighted by atomic mass is 16.4. The Labute approximate surface area is 125 Å². The summed E-state index contributed by atoms with van der Waals surface area (Å²) in [4.78, 5) is 14.3. The predicted molar refractivity (Wildman–Crippen MR) is 85.4 cm³/mol. The molecule has 2 heterocycles. The van der Waals surface area contributed by atoms with Crippen LogP contribution in [0.1, 0.15) is 31.4 Å². The third-order valence-corrected chi connectivity index (χ3v) is 4.32. The Hall–Kier alpha value is -1.61. The van der Waals surface area contributed by atoms with Gasteiger partial charge in [0.05, 0.1) is 0 Å². The van der Waals surface area contributed by atoms with Gasteiger partial charge in [-0.05, 0) is 42.4 Å². The van der Waals surface area contributed by atoms with Gasteiger partial charge in [0.2, 0.25) is 0 Å². The van der Waals surface area contributed by atoms with Crippen LogP contribution in [-0.2, 0) is 6.54 Å². The number of hydrogen-bond acceptors (Lipinski definition) is 3. The average Bonchev–Trinajstić information content (AvgIpc) is 2.36. The molecule has 0 spiro atoms. The Morgan fingerprint density at radius 3 is 2.62 bits per heavy atom. The van der Waals surface area contributed by atoms with Crippen LogP contribution < -0.4 is 5.63 Å². The first kappa shape index (κ1) is 14.3. The molecule has 0 bridgehead atoms. The zero-order chi connectivity index (χ0) is 15.0. The molecule has 112 valence electrons. The van der Waals surface area contributed by atoms with Crippen molar-refractivity contribution in [2.45, 2.75) is 33.7 Å². The zero-order valence-corrected chi connectivity index (χ0v) is 13.1. The molecule has 1 fully saturated rings. The van der Waals surface area contributed by atoms with Crippen LogP contribution in [0, 0.1) is 18.8 Å². The Balaban J connectivity index is 1.95.